The van der Waals surface area contributed by atoms with Crippen molar-refractivity contribution in [3.8, 4) is 12.3 Å². The predicted molar refractivity (Wildman–Crippen MR) is 37.1 cm³/mol. The van der Waals surface area contributed by atoms with Crippen LogP contribution in [0.3, 0.4) is 0 Å². The fraction of sp³-hybridized carbons (Fsp3) is 0.667. The molecule has 0 N–H and O–H groups in total. The molecule has 1 atom stereocenters. The summed E-state index contributed by atoms with van der Waals surface area (Å²) in [4.78, 5) is 0. The van der Waals surface area contributed by atoms with E-state index in [9.17, 15) is 13.0 Å². The van der Waals surface area contributed by atoms with E-state index < -0.39 is 14.9 Å². The molecule has 0 aliphatic heterocycles. The predicted octanol–water partition coefficient (Wildman–Crippen LogP) is 0.549. The van der Waals surface area contributed by atoms with Crippen LogP contribution in [-0.2, 0) is 14.7 Å². The lowest BCUT2D eigenvalue weighted by Gasteiger charge is -2.14. The Morgan fingerprint density at radius 2 is 2.00 bits per heavy atom. The van der Waals surface area contributed by atoms with Crippen LogP contribution in [0.4, 0.5) is 0 Å². The number of hydrogen-bond donors (Lipinski definition) is 0. The van der Waals surface area contributed by atoms with Crippen LogP contribution in [0.5, 0.6) is 0 Å². The van der Waals surface area contributed by atoms with Gasteiger partial charge in [-0.1, -0.05) is 17.4 Å². The van der Waals surface area contributed by atoms with Crippen molar-refractivity contribution in [1.82, 2.24) is 0 Å². The molecule has 3 nitrogen and oxygen atoms in total. The van der Waals surface area contributed by atoms with Crippen LogP contribution in [0, 0.1) is 12.3 Å². The largest absolute Gasteiger partial charge is 0.311 e. The van der Waals surface area contributed by atoms with Crippen molar-refractivity contribution < 1.29 is 13.0 Å². The van der Waals surface area contributed by atoms with Crippen molar-refractivity contribution >= 4 is 10.1 Å². The Morgan fingerprint density at radius 3 is 2.00 bits per heavy atom. The molecule has 0 rings (SSSR count). The molecular weight excluding hydrogens is 152 g/mol. The standard InChI is InChI=1S/C6H9O3S/c1-4-6(3,5-2)10(7,8)9/h1H,5H2,2-3H3. The van der Waals surface area contributed by atoms with Crippen LogP contribution in [0.25, 0.3) is 0 Å². The third-order valence-electron chi connectivity index (χ3n) is 1.53. The Labute approximate surface area is 61.2 Å². The summed E-state index contributed by atoms with van der Waals surface area (Å²) in [6.07, 6.45) is 5.02. The number of hydrogen-bond acceptors (Lipinski definition) is 2. The molecule has 0 heterocycles. The second kappa shape index (κ2) is 2.60. The maximum atomic E-state index is 10.4. The van der Waals surface area contributed by atoms with Crippen LogP contribution >= 0.6 is 0 Å². The molecule has 0 aromatic carbocycles. The highest BCUT2D eigenvalue weighted by molar-refractivity contribution is 7.87. The summed E-state index contributed by atoms with van der Waals surface area (Å²) in [6.45, 7) is 2.81. The van der Waals surface area contributed by atoms with E-state index >= 15 is 0 Å². The summed E-state index contributed by atoms with van der Waals surface area (Å²) in [5.74, 6) is 1.97. The molecule has 0 amide bonds. The molecule has 0 spiro atoms. The van der Waals surface area contributed by atoms with Crippen molar-refractivity contribution in [2.24, 2.45) is 0 Å². The van der Waals surface area contributed by atoms with Crippen LogP contribution in [0.1, 0.15) is 20.3 Å². The van der Waals surface area contributed by atoms with Gasteiger partial charge in [-0.3, -0.25) is 0 Å². The van der Waals surface area contributed by atoms with E-state index in [0.29, 0.717) is 0 Å². The van der Waals surface area contributed by atoms with E-state index in [-0.39, 0.29) is 6.42 Å². The van der Waals surface area contributed by atoms with Gasteiger partial charge in [-0.2, -0.15) is 8.42 Å². The molecule has 0 bridgehead atoms. The first-order valence-corrected chi connectivity index (χ1v) is 4.21. The SMILES string of the molecule is C#CC(C)(CC)S([O])(=O)=O. The molecule has 1 unspecified atom stereocenters. The van der Waals surface area contributed by atoms with Crippen LogP contribution in [-0.4, -0.2) is 13.2 Å². The van der Waals surface area contributed by atoms with Gasteiger partial charge in [0, 0.05) is 0 Å². The average molecular weight is 161 g/mol. The van der Waals surface area contributed by atoms with Crippen molar-refractivity contribution in [2.45, 2.75) is 25.0 Å². The van der Waals surface area contributed by atoms with Gasteiger partial charge in [-0.15, -0.1) is 6.42 Å². The van der Waals surface area contributed by atoms with Crippen LogP contribution in [0.15, 0.2) is 0 Å². The Hall–Kier alpha value is -0.530. The molecule has 0 saturated heterocycles. The molecule has 0 aromatic rings. The van der Waals surface area contributed by atoms with Gasteiger partial charge in [0.1, 0.15) is 0 Å². The monoisotopic (exact) mass is 161 g/mol. The zero-order valence-electron chi connectivity index (χ0n) is 5.92. The number of rotatable bonds is 2. The first-order valence-electron chi connectivity index (χ1n) is 2.80. The van der Waals surface area contributed by atoms with E-state index in [1.807, 2.05) is 5.92 Å². The highest BCUT2D eigenvalue weighted by Gasteiger charge is 2.35. The molecule has 0 fully saturated rings. The van der Waals surface area contributed by atoms with Crippen molar-refractivity contribution in [1.29, 1.82) is 0 Å². The third kappa shape index (κ3) is 1.49. The van der Waals surface area contributed by atoms with Gasteiger partial charge >= 0.3 is 10.1 Å². The first-order chi connectivity index (χ1) is 4.37. The van der Waals surface area contributed by atoms with E-state index in [1.54, 1.807) is 6.92 Å². The molecule has 0 saturated carbocycles. The molecule has 10 heavy (non-hydrogen) atoms. The van der Waals surface area contributed by atoms with E-state index in [1.165, 1.54) is 6.92 Å². The lowest BCUT2D eigenvalue weighted by molar-refractivity contribution is 0.391. The van der Waals surface area contributed by atoms with Crippen molar-refractivity contribution in [3.05, 3.63) is 0 Å². The molecule has 0 aromatic heterocycles. The van der Waals surface area contributed by atoms with Crippen LogP contribution < -0.4 is 0 Å². The summed E-state index contributed by atoms with van der Waals surface area (Å²) < 4.78 is 29.7. The Kier molecular flexibility index (Phi) is 2.47. The fourth-order valence-electron chi connectivity index (χ4n) is 0.351. The lowest BCUT2D eigenvalue weighted by Crippen LogP contribution is -2.31. The second-order valence-electron chi connectivity index (χ2n) is 2.18. The van der Waals surface area contributed by atoms with Gasteiger partial charge < -0.3 is 0 Å². The summed E-state index contributed by atoms with van der Waals surface area (Å²) in [7, 11) is -4.35. The van der Waals surface area contributed by atoms with E-state index in [2.05, 4.69) is 0 Å². The first kappa shape index (κ1) is 9.47. The molecule has 0 aliphatic rings. The zero-order valence-corrected chi connectivity index (χ0v) is 6.73. The van der Waals surface area contributed by atoms with Gasteiger partial charge in [0.25, 0.3) is 0 Å². The topological polar surface area (TPSA) is 54.0 Å². The van der Waals surface area contributed by atoms with Gasteiger partial charge in [0.2, 0.25) is 0 Å². The maximum Gasteiger partial charge on any atom is 0.311 e. The highest BCUT2D eigenvalue weighted by atomic mass is 32.2. The normalized spacial score (nSPS) is 17.4. The maximum absolute atomic E-state index is 10.4. The quantitative estimate of drug-likeness (QED) is 0.555. The average Bonchev–Trinajstić information content (AvgIpc) is 1.84. The Bertz CT molecular complexity index is 247. The number of terminal acetylenes is 1. The van der Waals surface area contributed by atoms with Gasteiger partial charge in [0.05, 0.1) is 0 Å². The Morgan fingerprint density at radius 1 is 1.60 bits per heavy atom. The third-order valence-corrected chi connectivity index (χ3v) is 3.04. The fourth-order valence-corrected chi connectivity index (χ4v) is 0.849. The van der Waals surface area contributed by atoms with Crippen molar-refractivity contribution in [2.75, 3.05) is 0 Å². The van der Waals surface area contributed by atoms with Crippen LogP contribution in [0.2, 0.25) is 0 Å². The lowest BCUT2D eigenvalue weighted by atomic mass is 10.1. The summed E-state index contributed by atoms with van der Waals surface area (Å²) in [5, 5.41) is 0. The van der Waals surface area contributed by atoms with Gasteiger partial charge in [-0.25, -0.2) is 0 Å². The molecule has 57 valence electrons. The minimum Gasteiger partial charge on any atom is -0.195 e. The minimum atomic E-state index is -4.35. The molecule has 1 radical (unpaired) electrons. The smallest absolute Gasteiger partial charge is 0.195 e. The summed E-state index contributed by atoms with van der Waals surface area (Å²) in [6, 6.07) is 0. The van der Waals surface area contributed by atoms with Gasteiger partial charge in [0.15, 0.2) is 4.75 Å². The zero-order chi connectivity index (χ0) is 8.41. The van der Waals surface area contributed by atoms with Gasteiger partial charge in [-0.05, 0) is 13.3 Å². The molecular formula is C6H9O3S. The highest BCUT2D eigenvalue weighted by Crippen LogP contribution is 2.18. The summed E-state index contributed by atoms with van der Waals surface area (Å²) in [5.41, 5.74) is 0. The minimum absolute atomic E-state index is 0.148. The molecule has 4 heteroatoms. The Balaban J connectivity index is 4.92. The van der Waals surface area contributed by atoms with E-state index in [0.717, 1.165) is 0 Å². The second-order valence-corrected chi connectivity index (χ2v) is 3.99. The summed E-state index contributed by atoms with van der Waals surface area (Å²) >= 11 is 0. The van der Waals surface area contributed by atoms with Crippen molar-refractivity contribution in [3.63, 3.8) is 0 Å². The molecule has 0 aliphatic carbocycles. The van der Waals surface area contributed by atoms with E-state index in [4.69, 9.17) is 6.42 Å².